The molecule has 0 nitrogen and oxygen atoms in total. The summed E-state index contributed by atoms with van der Waals surface area (Å²) >= 11 is 6.63. The van der Waals surface area contributed by atoms with E-state index in [1.54, 1.807) is 0 Å². The van der Waals surface area contributed by atoms with Crippen LogP contribution in [-0.2, 0) is 0 Å². The van der Waals surface area contributed by atoms with Crippen LogP contribution in [0.2, 0.25) is 0 Å². The molecule has 80 valence electrons. The van der Waals surface area contributed by atoms with Crippen LogP contribution in [0.5, 0.6) is 0 Å². The Balaban J connectivity index is 4.54. The van der Waals surface area contributed by atoms with Crippen LogP contribution in [0.15, 0.2) is 0 Å². The molecule has 0 radical (unpaired) electrons. The van der Waals surface area contributed by atoms with Crippen molar-refractivity contribution >= 4 is 11.6 Å². The van der Waals surface area contributed by atoms with Crippen LogP contribution in [0, 0.1) is 23.7 Å². The fourth-order valence-electron chi connectivity index (χ4n) is 1.72. The largest absolute Gasteiger partial charge is 0.119 e. The maximum atomic E-state index is 6.63. The van der Waals surface area contributed by atoms with E-state index in [2.05, 4.69) is 48.5 Å². The Kier molecular flexibility index (Phi) is 4.79. The summed E-state index contributed by atoms with van der Waals surface area (Å²) in [5, 5.41) is 0. The molecule has 0 saturated carbocycles. The van der Waals surface area contributed by atoms with Crippen LogP contribution < -0.4 is 0 Å². The second-order valence-corrected chi connectivity index (χ2v) is 6.03. The second-order valence-electron chi connectivity index (χ2n) is 5.22. The maximum absolute atomic E-state index is 6.63. The number of hydrogen-bond acceptors (Lipinski definition) is 0. The lowest BCUT2D eigenvalue weighted by atomic mass is 9.74. The molecule has 2 unspecified atom stereocenters. The van der Waals surface area contributed by atoms with Crippen LogP contribution >= 0.6 is 11.6 Å². The van der Waals surface area contributed by atoms with E-state index >= 15 is 0 Å². The molecule has 0 aromatic heterocycles. The zero-order chi connectivity index (χ0) is 10.8. The number of halogens is 1. The van der Waals surface area contributed by atoms with Gasteiger partial charge in [0.25, 0.3) is 0 Å². The van der Waals surface area contributed by atoms with E-state index in [0.717, 1.165) is 0 Å². The third-order valence-electron chi connectivity index (χ3n) is 3.78. The van der Waals surface area contributed by atoms with Crippen molar-refractivity contribution in [3.8, 4) is 0 Å². The topological polar surface area (TPSA) is 0 Å². The Bertz CT molecular complexity index is 131. The second kappa shape index (κ2) is 4.68. The molecule has 0 fully saturated rings. The summed E-state index contributed by atoms with van der Waals surface area (Å²) in [5.74, 6) is 2.44. The molecule has 0 saturated heterocycles. The lowest BCUT2D eigenvalue weighted by Gasteiger charge is -2.39. The quantitative estimate of drug-likeness (QED) is 0.589. The van der Waals surface area contributed by atoms with Gasteiger partial charge in [0.2, 0.25) is 0 Å². The highest BCUT2D eigenvalue weighted by Crippen LogP contribution is 2.40. The molecule has 0 spiro atoms. The third kappa shape index (κ3) is 3.16. The van der Waals surface area contributed by atoms with Crippen LogP contribution in [0.25, 0.3) is 0 Å². The van der Waals surface area contributed by atoms with Gasteiger partial charge in [-0.05, 0) is 30.6 Å². The van der Waals surface area contributed by atoms with Crippen molar-refractivity contribution in [2.24, 2.45) is 23.7 Å². The Morgan fingerprint density at radius 1 is 0.769 bits per heavy atom. The first kappa shape index (κ1) is 13.3. The maximum Gasteiger partial charge on any atom is 0.0474 e. The average Bonchev–Trinajstić information content (AvgIpc) is 2.01. The minimum absolute atomic E-state index is 0.0671. The fourth-order valence-corrected chi connectivity index (χ4v) is 2.22. The van der Waals surface area contributed by atoms with Crippen LogP contribution in [0.1, 0.15) is 48.5 Å². The summed E-state index contributed by atoms with van der Waals surface area (Å²) in [6, 6.07) is 0. The monoisotopic (exact) mass is 204 g/mol. The molecule has 0 aromatic rings. The highest BCUT2D eigenvalue weighted by atomic mass is 35.5. The lowest BCUT2D eigenvalue weighted by molar-refractivity contribution is 0.211. The van der Waals surface area contributed by atoms with Crippen LogP contribution in [0.3, 0.4) is 0 Å². The van der Waals surface area contributed by atoms with E-state index in [-0.39, 0.29) is 4.87 Å². The van der Waals surface area contributed by atoms with Gasteiger partial charge in [-0.2, -0.15) is 0 Å². The van der Waals surface area contributed by atoms with Gasteiger partial charge in [-0.25, -0.2) is 0 Å². The number of alkyl halides is 1. The Labute approximate surface area is 89.1 Å². The Hall–Kier alpha value is 0.290. The molecule has 13 heavy (non-hydrogen) atoms. The lowest BCUT2D eigenvalue weighted by Crippen LogP contribution is -2.39. The summed E-state index contributed by atoms with van der Waals surface area (Å²) in [6.45, 7) is 15.7. The molecule has 0 bridgehead atoms. The third-order valence-corrected chi connectivity index (χ3v) is 4.47. The zero-order valence-electron chi connectivity index (χ0n) is 10.2. The molecule has 0 aromatic carbocycles. The molecule has 0 aliphatic rings. The first-order valence-electron chi connectivity index (χ1n) is 5.40. The van der Waals surface area contributed by atoms with Gasteiger partial charge in [0, 0.05) is 4.87 Å². The van der Waals surface area contributed by atoms with Crippen molar-refractivity contribution in [1.29, 1.82) is 0 Å². The SMILES string of the molecule is CC(C)C(C)C(C)(Cl)C(C)C(C)C. The Morgan fingerprint density at radius 2 is 1.00 bits per heavy atom. The summed E-state index contributed by atoms with van der Waals surface area (Å²) in [4.78, 5) is -0.0671. The van der Waals surface area contributed by atoms with Gasteiger partial charge < -0.3 is 0 Å². The first-order valence-corrected chi connectivity index (χ1v) is 5.78. The fraction of sp³-hybridized carbons (Fsp3) is 1.00. The molecule has 0 aliphatic heterocycles. The normalized spacial score (nSPS) is 21.7. The van der Waals surface area contributed by atoms with Crippen molar-refractivity contribution in [2.45, 2.75) is 53.3 Å². The highest BCUT2D eigenvalue weighted by molar-refractivity contribution is 6.24. The van der Waals surface area contributed by atoms with Gasteiger partial charge in [0.05, 0.1) is 0 Å². The van der Waals surface area contributed by atoms with E-state index in [9.17, 15) is 0 Å². The Morgan fingerprint density at radius 3 is 1.15 bits per heavy atom. The highest BCUT2D eigenvalue weighted by Gasteiger charge is 2.37. The predicted octanol–water partition coefficient (Wildman–Crippen LogP) is 4.57. The molecule has 0 amide bonds. The molecular formula is C12H25Cl. The molecule has 0 heterocycles. The molecular weight excluding hydrogens is 180 g/mol. The van der Waals surface area contributed by atoms with E-state index < -0.39 is 0 Å². The number of rotatable bonds is 4. The smallest absolute Gasteiger partial charge is 0.0474 e. The first-order chi connectivity index (χ1) is 5.71. The van der Waals surface area contributed by atoms with Crippen molar-refractivity contribution in [2.75, 3.05) is 0 Å². The molecule has 2 atom stereocenters. The molecule has 1 heteroatoms. The van der Waals surface area contributed by atoms with E-state index in [4.69, 9.17) is 11.6 Å². The van der Waals surface area contributed by atoms with Crippen molar-refractivity contribution in [3.63, 3.8) is 0 Å². The standard InChI is InChI=1S/C12H25Cl/c1-8(2)10(5)12(7,13)11(6)9(3)4/h8-11H,1-7H3. The molecule has 0 aliphatic carbocycles. The van der Waals surface area contributed by atoms with Gasteiger partial charge in [0.1, 0.15) is 0 Å². The molecule has 0 rings (SSSR count). The summed E-state index contributed by atoms with van der Waals surface area (Å²) in [5.41, 5.74) is 0. The van der Waals surface area contributed by atoms with E-state index in [1.165, 1.54) is 0 Å². The van der Waals surface area contributed by atoms with Crippen molar-refractivity contribution < 1.29 is 0 Å². The van der Waals surface area contributed by atoms with Gasteiger partial charge in [0.15, 0.2) is 0 Å². The van der Waals surface area contributed by atoms with Gasteiger partial charge in [-0.15, -0.1) is 11.6 Å². The van der Waals surface area contributed by atoms with E-state index in [1.807, 2.05) is 0 Å². The minimum Gasteiger partial charge on any atom is -0.119 e. The van der Waals surface area contributed by atoms with Gasteiger partial charge in [-0.3, -0.25) is 0 Å². The predicted molar refractivity (Wildman–Crippen MR) is 62.3 cm³/mol. The van der Waals surface area contributed by atoms with Crippen molar-refractivity contribution in [1.82, 2.24) is 0 Å². The van der Waals surface area contributed by atoms with Gasteiger partial charge >= 0.3 is 0 Å². The summed E-state index contributed by atoms with van der Waals surface area (Å²) < 4.78 is 0. The van der Waals surface area contributed by atoms with Crippen LogP contribution in [0.4, 0.5) is 0 Å². The average molecular weight is 205 g/mol. The zero-order valence-corrected chi connectivity index (χ0v) is 10.9. The minimum atomic E-state index is -0.0671. The van der Waals surface area contributed by atoms with Crippen LogP contribution in [-0.4, -0.2) is 4.87 Å². The van der Waals surface area contributed by atoms with Gasteiger partial charge in [-0.1, -0.05) is 41.5 Å². The van der Waals surface area contributed by atoms with Crippen molar-refractivity contribution in [3.05, 3.63) is 0 Å². The summed E-state index contributed by atoms with van der Waals surface area (Å²) in [6.07, 6.45) is 0. The number of hydrogen-bond donors (Lipinski definition) is 0. The molecule has 0 N–H and O–H groups in total. The summed E-state index contributed by atoms with van der Waals surface area (Å²) in [7, 11) is 0. The van der Waals surface area contributed by atoms with E-state index in [0.29, 0.717) is 23.7 Å².